The van der Waals surface area contributed by atoms with Crippen molar-refractivity contribution in [1.82, 2.24) is 0 Å². The maximum Gasteiger partial charge on any atom is 0.259 e. The van der Waals surface area contributed by atoms with Crippen LogP contribution in [0.5, 0.6) is 5.75 Å². The third kappa shape index (κ3) is 2.20. The van der Waals surface area contributed by atoms with Gasteiger partial charge in [-0.05, 0) is 52.5 Å². The van der Waals surface area contributed by atoms with Crippen LogP contribution in [0, 0.1) is 0 Å². The average Bonchev–Trinajstić information content (AvgIpc) is 2.47. The number of hydrogen-bond donors (Lipinski definition) is 1. The maximum absolute atomic E-state index is 12.7. The molecule has 0 saturated heterocycles. The van der Waals surface area contributed by atoms with Gasteiger partial charge in [0, 0.05) is 11.0 Å². The number of phenols is 1. The van der Waals surface area contributed by atoms with E-state index in [-0.39, 0.29) is 11.7 Å². The fourth-order valence-electron chi connectivity index (χ4n) is 2.61. The molecular formula is C16H14BrNO2. The number of aryl methyl sites for hydroxylation is 1. The fraction of sp³-hybridized carbons (Fsp3) is 0.188. The van der Waals surface area contributed by atoms with Crippen LogP contribution in [-0.2, 0) is 6.42 Å². The lowest BCUT2D eigenvalue weighted by atomic mass is 10.00. The van der Waals surface area contributed by atoms with E-state index in [2.05, 4.69) is 15.9 Å². The lowest BCUT2D eigenvalue weighted by molar-refractivity contribution is 0.0983. The summed E-state index contributed by atoms with van der Waals surface area (Å²) in [6, 6.07) is 12.8. The summed E-state index contributed by atoms with van der Waals surface area (Å²) in [5, 5.41) is 10.1. The minimum atomic E-state index is -0.0834. The van der Waals surface area contributed by atoms with Crippen molar-refractivity contribution >= 4 is 27.5 Å². The molecule has 3 rings (SSSR count). The van der Waals surface area contributed by atoms with Crippen LogP contribution >= 0.6 is 15.9 Å². The second kappa shape index (κ2) is 5.29. The van der Waals surface area contributed by atoms with Crippen molar-refractivity contribution in [3.63, 3.8) is 0 Å². The molecule has 0 radical (unpaired) electrons. The number of aromatic hydroxyl groups is 1. The van der Waals surface area contributed by atoms with Crippen LogP contribution in [0.25, 0.3) is 0 Å². The van der Waals surface area contributed by atoms with E-state index < -0.39 is 0 Å². The number of rotatable bonds is 1. The Bertz CT molecular complexity index is 669. The summed E-state index contributed by atoms with van der Waals surface area (Å²) in [5.74, 6) is 0.0857. The van der Waals surface area contributed by atoms with Gasteiger partial charge in [0.15, 0.2) is 0 Å². The van der Waals surface area contributed by atoms with Crippen molar-refractivity contribution in [2.45, 2.75) is 12.8 Å². The van der Waals surface area contributed by atoms with Gasteiger partial charge in [-0.2, -0.15) is 0 Å². The highest BCUT2D eigenvalue weighted by Gasteiger charge is 2.26. The molecule has 102 valence electrons. The Morgan fingerprint density at radius 2 is 1.95 bits per heavy atom. The van der Waals surface area contributed by atoms with Gasteiger partial charge < -0.3 is 10.0 Å². The number of amides is 1. The van der Waals surface area contributed by atoms with E-state index in [1.165, 1.54) is 0 Å². The monoisotopic (exact) mass is 331 g/mol. The number of nitrogens with zero attached hydrogens (tertiary/aromatic N) is 1. The standard InChI is InChI=1S/C16H14BrNO2/c17-13-8-2-1-7-12(13)16(20)18-10-4-6-11-5-3-9-14(19)15(11)18/h1-3,5,7-9,19H,4,6,10H2. The SMILES string of the molecule is O=C(c1ccccc1Br)N1CCCc2cccc(O)c21. The molecule has 0 fully saturated rings. The molecular weight excluding hydrogens is 318 g/mol. The Hall–Kier alpha value is -1.81. The predicted octanol–water partition coefficient (Wildman–Crippen LogP) is 3.75. The first kappa shape index (κ1) is 13.2. The summed E-state index contributed by atoms with van der Waals surface area (Å²) in [7, 11) is 0. The maximum atomic E-state index is 12.7. The summed E-state index contributed by atoms with van der Waals surface area (Å²) in [5.41, 5.74) is 2.29. The highest BCUT2D eigenvalue weighted by atomic mass is 79.9. The van der Waals surface area contributed by atoms with Crippen molar-refractivity contribution < 1.29 is 9.90 Å². The van der Waals surface area contributed by atoms with E-state index in [1.807, 2.05) is 30.3 Å². The van der Waals surface area contributed by atoms with Gasteiger partial charge in [0.1, 0.15) is 5.75 Å². The van der Waals surface area contributed by atoms with Crippen LogP contribution in [-0.4, -0.2) is 17.6 Å². The van der Waals surface area contributed by atoms with Crippen LogP contribution in [0.15, 0.2) is 46.9 Å². The number of carbonyl (C=O) groups excluding carboxylic acids is 1. The molecule has 0 spiro atoms. The molecule has 0 atom stereocenters. The number of hydrogen-bond acceptors (Lipinski definition) is 2. The number of para-hydroxylation sites is 1. The van der Waals surface area contributed by atoms with Crippen molar-refractivity contribution in [2.24, 2.45) is 0 Å². The number of carbonyl (C=O) groups is 1. The van der Waals surface area contributed by atoms with Gasteiger partial charge in [-0.3, -0.25) is 4.79 Å². The molecule has 0 aromatic heterocycles. The number of phenolic OH excluding ortho intramolecular Hbond substituents is 1. The third-order valence-corrected chi connectivity index (χ3v) is 4.24. The van der Waals surface area contributed by atoms with Gasteiger partial charge in [-0.25, -0.2) is 0 Å². The summed E-state index contributed by atoms with van der Waals surface area (Å²) < 4.78 is 0.771. The average molecular weight is 332 g/mol. The highest BCUT2D eigenvalue weighted by molar-refractivity contribution is 9.10. The molecule has 3 nitrogen and oxygen atoms in total. The van der Waals surface area contributed by atoms with E-state index >= 15 is 0 Å². The Labute approximate surface area is 126 Å². The zero-order valence-electron chi connectivity index (χ0n) is 10.8. The van der Waals surface area contributed by atoms with Gasteiger partial charge in [-0.15, -0.1) is 0 Å². The minimum Gasteiger partial charge on any atom is -0.506 e. The second-order valence-corrected chi connectivity index (χ2v) is 5.68. The molecule has 0 bridgehead atoms. The molecule has 1 aliphatic heterocycles. The lowest BCUT2D eigenvalue weighted by Gasteiger charge is -2.30. The van der Waals surface area contributed by atoms with E-state index in [4.69, 9.17) is 0 Å². The van der Waals surface area contributed by atoms with Crippen molar-refractivity contribution in [1.29, 1.82) is 0 Å². The number of halogens is 1. The third-order valence-electron chi connectivity index (χ3n) is 3.55. The van der Waals surface area contributed by atoms with Crippen LogP contribution in [0.3, 0.4) is 0 Å². The van der Waals surface area contributed by atoms with E-state index in [0.29, 0.717) is 17.8 Å². The van der Waals surface area contributed by atoms with Crippen molar-refractivity contribution in [3.8, 4) is 5.75 Å². The predicted molar refractivity (Wildman–Crippen MR) is 82.2 cm³/mol. The molecule has 2 aromatic rings. The molecule has 1 amide bonds. The van der Waals surface area contributed by atoms with Crippen molar-refractivity contribution in [2.75, 3.05) is 11.4 Å². The minimum absolute atomic E-state index is 0.0834. The quantitative estimate of drug-likeness (QED) is 0.864. The molecule has 20 heavy (non-hydrogen) atoms. The first-order chi connectivity index (χ1) is 9.68. The number of fused-ring (bicyclic) bond motifs is 1. The second-order valence-electron chi connectivity index (χ2n) is 4.83. The Morgan fingerprint density at radius 3 is 2.75 bits per heavy atom. The molecule has 4 heteroatoms. The summed E-state index contributed by atoms with van der Waals surface area (Å²) in [4.78, 5) is 14.4. The first-order valence-electron chi connectivity index (χ1n) is 6.56. The van der Waals surface area contributed by atoms with Crippen LogP contribution in [0.1, 0.15) is 22.3 Å². The molecule has 1 N–H and O–H groups in total. The van der Waals surface area contributed by atoms with Gasteiger partial charge in [0.25, 0.3) is 5.91 Å². The highest BCUT2D eigenvalue weighted by Crippen LogP contribution is 2.36. The van der Waals surface area contributed by atoms with Crippen LogP contribution < -0.4 is 4.90 Å². The van der Waals surface area contributed by atoms with Gasteiger partial charge >= 0.3 is 0 Å². The molecule has 2 aromatic carbocycles. The van der Waals surface area contributed by atoms with Gasteiger partial charge in [0.05, 0.1) is 11.3 Å². The van der Waals surface area contributed by atoms with Crippen LogP contribution in [0.2, 0.25) is 0 Å². The molecule has 0 saturated carbocycles. The normalized spacial score (nSPS) is 13.9. The van der Waals surface area contributed by atoms with Crippen molar-refractivity contribution in [3.05, 3.63) is 58.1 Å². The lowest BCUT2D eigenvalue weighted by Crippen LogP contribution is -2.35. The molecule has 0 aliphatic carbocycles. The van der Waals surface area contributed by atoms with E-state index in [9.17, 15) is 9.90 Å². The Kier molecular flexibility index (Phi) is 3.49. The van der Waals surface area contributed by atoms with Crippen LogP contribution in [0.4, 0.5) is 5.69 Å². The largest absolute Gasteiger partial charge is 0.506 e. The summed E-state index contributed by atoms with van der Waals surface area (Å²) >= 11 is 3.41. The Morgan fingerprint density at radius 1 is 1.15 bits per heavy atom. The molecule has 1 heterocycles. The molecule has 0 unspecified atom stereocenters. The van der Waals surface area contributed by atoms with Gasteiger partial charge in [-0.1, -0.05) is 24.3 Å². The topological polar surface area (TPSA) is 40.5 Å². The van der Waals surface area contributed by atoms with Gasteiger partial charge in [0.2, 0.25) is 0 Å². The van der Waals surface area contributed by atoms with E-state index in [1.54, 1.807) is 17.0 Å². The first-order valence-corrected chi connectivity index (χ1v) is 7.35. The zero-order chi connectivity index (χ0) is 14.1. The Balaban J connectivity index is 2.05. The zero-order valence-corrected chi connectivity index (χ0v) is 12.4. The molecule has 1 aliphatic rings. The smallest absolute Gasteiger partial charge is 0.259 e. The van der Waals surface area contributed by atoms with E-state index in [0.717, 1.165) is 22.9 Å². The number of benzene rings is 2. The number of anilines is 1. The summed E-state index contributed by atoms with van der Waals surface area (Å²) in [6.45, 7) is 0.630. The fourth-order valence-corrected chi connectivity index (χ4v) is 3.07. The summed E-state index contributed by atoms with van der Waals surface area (Å²) in [6.07, 6.45) is 1.80.